The molecular weight excluding hydrogens is 765 g/mol. The molecule has 1 spiro atoms. The number of likely N-dealkylation sites (N-methyl/N-ethyl adjacent to an activating group) is 1. The summed E-state index contributed by atoms with van der Waals surface area (Å²) in [7, 11) is 6.13. The summed E-state index contributed by atoms with van der Waals surface area (Å²) in [5, 5.41) is 14.2. The van der Waals surface area contributed by atoms with Crippen molar-refractivity contribution in [3.05, 3.63) is 82.1 Å². The molecule has 0 amide bonds. The lowest BCUT2D eigenvalue weighted by molar-refractivity contribution is -0.228. The zero-order chi connectivity index (χ0) is 42.7. The van der Waals surface area contributed by atoms with Crippen molar-refractivity contribution < 1.29 is 43.2 Å². The molecule has 60 heavy (non-hydrogen) atoms. The molecule has 318 valence electrons. The second-order valence-electron chi connectivity index (χ2n) is 17.9. The first-order chi connectivity index (χ1) is 28.7. The first-order valence-corrected chi connectivity index (χ1v) is 21.2. The number of nitrogens with zero attached hydrogens (tertiary/aromatic N) is 3. The number of hydrogen-bond donors (Lipinski definition) is 2. The van der Waals surface area contributed by atoms with E-state index in [9.17, 15) is 19.5 Å². The minimum atomic E-state index is -2.31. The summed E-state index contributed by atoms with van der Waals surface area (Å²) in [6, 6.07) is 8.44. The van der Waals surface area contributed by atoms with Crippen molar-refractivity contribution in [3.8, 4) is 5.75 Å². The van der Waals surface area contributed by atoms with Crippen LogP contribution in [0, 0.1) is 11.3 Å². The number of rotatable bonds is 8. The first-order valence-electron chi connectivity index (χ1n) is 21.2. The molecule has 2 bridgehead atoms. The fraction of sp³-hybridized carbons (Fsp3) is 0.532. The molecule has 1 aromatic heterocycles. The Morgan fingerprint density at radius 1 is 0.967 bits per heavy atom. The number of esters is 3. The van der Waals surface area contributed by atoms with E-state index in [1.165, 1.54) is 26.7 Å². The topological polar surface area (TPSA) is 151 Å². The van der Waals surface area contributed by atoms with Crippen LogP contribution in [0.5, 0.6) is 5.75 Å². The Kier molecular flexibility index (Phi) is 9.46. The third-order valence-corrected chi connectivity index (χ3v) is 15.3. The third-order valence-electron chi connectivity index (χ3n) is 15.3. The number of H-pyrrole nitrogens is 1. The van der Waals surface area contributed by atoms with Gasteiger partial charge in [0.2, 0.25) is 5.60 Å². The molecule has 5 aliphatic heterocycles. The van der Waals surface area contributed by atoms with Crippen molar-refractivity contribution in [1.29, 1.82) is 0 Å². The number of Topliss-reactive ketones (excluding diaryl/α,β-unsaturated/α-hetero) is 1. The number of aliphatic hydroxyl groups is 1. The summed E-state index contributed by atoms with van der Waals surface area (Å²) in [6.45, 7) is 10.4. The van der Waals surface area contributed by atoms with E-state index in [0.717, 1.165) is 47.2 Å². The van der Waals surface area contributed by atoms with Gasteiger partial charge in [0.25, 0.3) is 0 Å². The molecule has 1 unspecified atom stereocenters. The Bertz CT molecular complexity index is 2400. The molecular formula is C47H56N4O9. The van der Waals surface area contributed by atoms with Gasteiger partial charge < -0.3 is 33.9 Å². The van der Waals surface area contributed by atoms with Crippen molar-refractivity contribution in [3.63, 3.8) is 0 Å². The van der Waals surface area contributed by atoms with Crippen molar-refractivity contribution >= 4 is 40.3 Å². The number of methoxy groups -OCH3 is 3. The monoisotopic (exact) mass is 820 g/mol. The van der Waals surface area contributed by atoms with Crippen molar-refractivity contribution in [2.45, 2.75) is 94.5 Å². The number of ether oxygens (including phenoxy) is 4. The quantitative estimate of drug-likeness (QED) is 0.137. The SMILES string of the molecule is CCC1=C[C@H]2CN(C1)Cc1c([nH]c3ccc(C(C)=O)cc13)[C@@](C(=O)OC)(c1cc3c(cc1OC)N(C)[C@H]1[C@@](O)(C(=O)OC)[C@H](OC(C)=O)[C@]4(CC)C=CCN5CC[C@]31[C@@H]54)C2. The van der Waals surface area contributed by atoms with E-state index >= 15 is 4.79 Å². The summed E-state index contributed by atoms with van der Waals surface area (Å²) >= 11 is 0. The predicted molar refractivity (Wildman–Crippen MR) is 224 cm³/mol. The van der Waals surface area contributed by atoms with Gasteiger partial charge in [-0.05, 0) is 80.5 Å². The summed E-state index contributed by atoms with van der Waals surface area (Å²) in [6.07, 6.45) is 7.40. The van der Waals surface area contributed by atoms with Crippen LogP contribution in [0.2, 0.25) is 0 Å². The lowest BCUT2D eigenvalue weighted by Gasteiger charge is -2.63. The molecule has 0 radical (unpaired) electrons. The largest absolute Gasteiger partial charge is 0.496 e. The van der Waals surface area contributed by atoms with Crippen LogP contribution >= 0.6 is 0 Å². The molecule has 6 heterocycles. The smallest absolute Gasteiger partial charge is 0.344 e. The number of fused-ring (bicyclic) bond motifs is 6. The summed E-state index contributed by atoms with van der Waals surface area (Å²) in [5.41, 5.74) is 0.848. The average molecular weight is 821 g/mol. The molecule has 9 rings (SSSR count). The number of nitrogens with one attached hydrogen (secondary N) is 1. The van der Waals surface area contributed by atoms with Crippen LogP contribution in [0.1, 0.15) is 86.1 Å². The van der Waals surface area contributed by atoms with E-state index in [2.05, 4.69) is 33.8 Å². The maximum Gasteiger partial charge on any atom is 0.344 e. The zero-order valence-electron chi connectivity index (χ0n) is 35.8. The summed E-state index contributed by atoms with van der Waals surface area (Å²) in [5.74, 6) is -1.58. The van der Waals surface area contributed by atoms with Gasteiger partial charge in [0.1, 0.15) is 11.2 Å². The fourth-order valence-electron chi connectivity index (χ4n) is 13.1. The van der Waals surface area contributed by atoms with Crippen LogP contribution in [0.3, 0.4) is 0 Å². The molecule has 2 aromatic carbocycles. The summed E-state index contributed by atoms with van der Waals surface area (Å²) < 4.78 is 23.9. The van der Waals surface area contributed by atoms with Gasteiger partial charge in [-0.2, -0.15) is 0 Å². The minimum absolute atomic E-state index is 0.0338. The molecule has 1 saturated carbocycles. The maximum absolute atomic E-state index is 15.3. The lowest BCUT2D eigenvalue weighted by atomic mass is 9.47. The highest BCUT2D eigenvalue weighted by Crippen LogP contribution is 2.68. The second kappa shape index (κ2) is 14.0. The van der Waals surface area contributed by atoms with Gasteiger partial charge in [-0.25, -0.2) is 4.79 Å². The van der Waals surface area contributed by atoms with Gasteiger partial charge in [-0.15, -0.1) is 0 Å². The van der Waals surface area contributed by atoms with Crippen LogP contribution in [0.15, 0.2) is 54.1 Å². The van der Waals surface area contributed by atoms with Crippen molar-refractivity contribution in [2.75, 3.05) is 59.5 Å². The number of ketones is 1. The molecule has 9 atom stereocenters. The van der Waals surface area contributed by atoms with Crippen LogP contribution in [0.25, 0.3) is 10.9 Å². The van der Waals surface area contributed by atoms with E-state index in [1.54, 1.807) is 14.0 Å². The van der Waals surface area contributed by atoms with Crippen LogP contribution in [-0.2, 0) is 46.0 Å². The Labute approximate surface area is 350 Å². The van der Waals surface area contributed by atoms with Gasteiger partial charge >= 0.3 is 17.9 Å². The van der Waals surface area contributed by atoms with Crippen molar-refractivity contribution in [1.82, 2.24) is 14.8 Å². The van der Waals surface area contributed by atoms with Crippen LogP contribution in [0.4, 0.5) is 5.69 Å². The standard InChI is InChI=1S/C47H56N4O9/c1-9-28-18-29-22-46(42(54)58-7,38-32(25-50(23-28)24-29)31-19-30(26(3)52)12-13-35(31)48-38)34-20-33-36(21-37(34)57-6)49(5)40-45(33)15-17-51-16-11-14-44(10-2,39(45)51)41(60-27(4)53)47(40,56)43(55)59-8/h11-14,18-21,29,39-41,48,56H,9-10,15-17,22-25H2,1-8H3/t29-,39+,40-,41-,44-,45-,46+,47+/m1/s1. The van der Waals surface area contributed by atoms with Gasteiger partial charge in [-0.1, -0.05) is 37.6 Å². The Morgan fingerprint density at radius 3 is 2.40 bits per heavy atom. The Morgan fingerprint density at radius 2 is 1.73 bits per heavy atom. The number of carbonyl (C=O) groups excluding carboxylic acids is 4. The lowest BCUT2D eigenvalue weighted by Crippen LogP contribution is -2.81. The minimum Gasteiger partial charge on any atom is -0.496 e. The molecule has 1 aliphatic carbocycles. The third kappa shape index (κ3) is 5.14. The molecule has 3 aromatic rings. The predicted octanol–water partition coefficient (Wildman–Crippen LogP) is 4.96. The number of aromatic nitrogens is 1. The average Bonchev–Trinajstić information content (AvgIpc) is 3.89. The molecule has 6 aliphatic rings. The van der Waals surface area contributed by atoms with Gasteiger partial charge in [0, 0.05) is 96.5 Å². The first kappa shape index (κ1) is 40.4. The van der Waals surface area contributed by atoms with E-state index in [0.29, 0.717) is 61.5 Å². The zero-order valence-corrected chi connectivity index (χ0v) is 35.8. The number of hydrogen-bond acceptors (Lipinski definition) is 12. The normalized spacial score (nSPS) is 33.7. The number of carbonyl (C=O) groups is 4. The number of aromatic amines is 1. The fourth-order valence-corrected chi connectivity index (χ4v) is 13.1. The Hall–Kier alpha value is -4.98. The van der Waals surface area contributed by atoms with Crippen LogP contribution < -0.4 is 9.64 Å². The van der Waals surface area contributed by atoms with E-state index < -0.39 is 51.9 Å². The van der Waals surface area contributed by atoms with E-state index in [-0.39, 0.29) is 17.7 Å². The Balaban J connectivity index is 1.38. The highest BCUT2D eigenvalue weighted by Gasteiger charge is 2.80. The number of anilines is 1. The number of benzene rings is 2. The molecule has 2 fully saturated rings. The van der Waals surface area contributed by atoms with Gasteiger partial charge in [-0.3, -0.25) is 24.2 Å². The van der Waals surface area contributed by atoms with E-state index in [1.807, 2.05) is 55.3 Å². The van der Waals surface area contributed by atoms with Crippen molar-refractivity contribution in [2.24, 2.45) is 11.3 Å². The summed E-state index contributed by atoms with van der Waals surface area (Å²) in [4.78, 5) is 65.9. The highest BCUT2D eigenvalue weighted by atomic mass is 16.6. The van der Waals surface area contributed by atoms with Crippen LogP contribution in [-0.4, -0.2) is 122 Å². The van der Waals surface area contributed by atoms with Gasteiger partial charge in [0.05, 0.1) is 27.4 Å². The molecule has 13 heteroatoms. The molecule has 13 nitrogen and oxygen atoms in total. The second-order valence-corrected chi connectivity index (χ2v) is 17.9. The maximum atomic E-state index is 15.3. The van der Waals surface area contributed by atoms with Gasteiger partial charge in [0.15, 0.2) is 11.9 Å². The molecule has 1 saturated heterocycles. The highest BCUT2D eigenvalue weighted by molar-refractivity contribution is 6.00. The van der Waals surface area contributed by atoms with E-state index in [4.69, 9.17) is 18.9 Å². The molecule has 2 N–H and O–H groups in total.